The maximum Gasteiger partial charge on any atom is 0.0184 e. The van der Waals surface area contributed by atoms with Gasteiger partial charge in [-0.15, -0.1) is 0 Å². The molecule has 1 fully saturated rings. The maximum absolute atomic E-state index is 6.10. The largest absolute Gasteiger partial charge is 0.327 e. The quantitative estimate of drug-likeness (QED) is 0.893. The summed E-state index contributed by atoms with van der Waals surface area (Å²) in [5.74, 6) is 0. The highest BCUT2D eigenvalue weighted by molar-refractivity contribution is 9.10. The number of hydrogen-bond donors (Lipinski definition) is 1. The van der Waals surface area contributed by atoms with Gasteiger partial charge in [-0.2, -0.15) is 0 Å². The molecule has 1 aliphatic rings. The number of rotatable bonds is 3. The van der Waals surface area contributed by atoms with E-state index in [1.165, 1.54) is 24.0 Å². The van der Waals surface area contributed by atoms with Crippen LogP contribution < -0.4 is 5.73 Å². The lowest BCUT2D eigenvalue weighted by atomic mass is 9.88. The minimum atomic E-state index is 0.216. The number of allylic oxidation sites excluding steroid dienone is 1. The second-order valence-electron chi connectivity index (χ2n) is 4.95. The normalized spacial score (nSPS) is 19.2. The summed E-state index contributed by atoms with van der Waals surface area (Å²) in [5, 5.41) is 0. The number of nitrogens with two attached hydrogens (primary N) is 1. The Bertz CT molecular complexity index is 430. The molecule has 1 unspecified atom stereocenters. The van der Waals surface area contributed by atoms with Crippen LogP contribution in [0, 0.1) is 0 Å². The molecule has 0 saturated heterocycles. The summed E-state index contributed by atoms with van der Waals surface area (Å²) < 4.78 is 1.12. The first-order valence-electron chi connectivity index (χ1n) is 5.68. The predicted octanol–water partition coefficient (Wildman–Crippen LogP) is 3.86. The van der Waals surface area contributed by atoms with Gasteiger partial charge < -0.3 is 5.73 Å². The standard InChI is InChI=1S/C14H18BrN/c1-9(2)11-6-12(8-13(15)7-11)14(4-5-14)10(3)16/h6-8,10H,1,4-5,16H2,2-3H3. The highest BCUT2D eigenvalue weighted by Crippen LogP contribution is 2.51. The van der Waals surface area contributed by atoms with E-state index in [4.69, 9.17) is 5.73 Å². The van der Waals surface area contributed by atoms with Crippen LogP contribution in [-0.2, 0) is 5.41 Å². The molecule has 1 aromatic rings. The third kappa shape index (κ3) is 1.96. The van der Waals surface area contributed by atoms with E-state index in [1.807, 2.05) is 6.92 Å². The van der Waals surface area contributed by atoms with Gasteiger partial charge in [0, 0.05) is 15.9 Å². The summed E-state index contributed by atoms with van der Waals surface area (Å²) in [6.07, 6.45) is 2.41. The van der Waals surface area contributed by atoms with Gasteiger partial charge in [-0.1, -0.05) is 34.1 Å². The highest BCUT2D eigenvalue weighted by atomic mass is 79.9. The highest BCUT2D eigenvalue weighted by Gasteiger charge is 2.47. The smallest absolute Gasteiger partial charge is 0.0184 e. The van der Waals surface area contributed by atoms with Crippen molar-refractivity contribution in [2.24, 2.45) is 5.73 Å². The maximum atomic E-state index is 6.10. The lowest BCUT2D eigenvalue weighted by Crippen LogP contribution is -2.31. The first-order chi connectivity index (χ1) is 7.45. The topological polar surface area (TPSA) is 26.0 Å². The van der Waals surface area contributed by atoms with E-state index in [1.54, 1.807) is 0 Å². The van der Waals surface area contributed by atoms with Crippen molar-refractivity contribution in [3.05, 3.63) is 40.4 Å². The van der Waals surface area contributed by atoms with Crippen LogP contribution in [-0.4, -0.2) is 6.04 Å². The summed E-state index contributed by atoms with van der Waals surface area (Å²) in [4.78, 5) is 0. The van der Waals surface area contributed by atoms with Gasteiger partial charge in [-0.25, -0.2) is 0 Å². The minimum Gasteiger partial charge on any atom is -0.327 e. The lowest BCUT2D eigenvalue weighted by molar-refractivity contribution is 0.556. The van der Waals surface area contributed by atoms with Crippen LogP contribution in [0.15, 0.2) is 29.3 Å². The van der Waals surface area contributed by atoms with Crippen LogP contribution in [0.3, 0.4) is 0 Å². The van der Waals surface area contributed by atoms with Crippen molar-refractivity contribution in [1.29, 1.82) is 0 Å². The molecule has 1 saturated carbocycles. The monoisotopic (exact) mass is 279 g/mol. The molecule has 86 valence electrons. The zero-order valence-corrected chi connectivity index (χ0v) is 11.5. The predicted molar refractivity (Wildman–Crippen MR) is 73.4 cm³/mol. The Hall–Kier alpha value is -0.600. The summed E-state index contributed by atoms with van der Waals surface area (Å²) in [7, 11) is 0. The molecule has 2 rings (SSSR count). The van der Waals surface area contributed by atoms with E-state index < -0.39 is 0 Å². The summed E-state index contributed by atoms with van der Waals surface area (Å²) >= 11 is 3.57. The third-order valence-corrected chi connectivity index (χ3v) is 4.08. The Labute approximate surface area is 106 Å². The molecule has 1 nitrogen and oxygen atoms in total. The van der Waals surface area contributed by atoms with Crippen molar-refractivity contribution in [2.45, 2.75) is 38.1 Å². The zero-order chi connectivity index (χ0) is 11.9. The zero-order valence-electron chi connectivity index (χ0n) is 9.89. The van der Waals surface area contributed by atoms with Crippen molar-refractivity contribution in [2.75, 3.05) is 0 Å². The van der Waals surface area contributed by atoms with Gasteiger partial charge in [-0.05, 0) is 49.9 Å². The van der Waals surface area contributed by atoms with Gasteiger partial charge in [0.25, 0.3) is 0 Å². The van der Waals surface area contributed by atoms with Crippen molar-refractivity contribution < 1.29 is 0 Å². The summed E-state index contributed by atoms with van der Waals surface area (Å²) in [6, 6.07) is 6.77. The van der Waals surface area contributed by atoms with E-state index in [-0.39, 0.29) is 11.5 Å². The van der Waals surface area contributed by atoms with Crippen molar-refractivity contribution in [3.8, 4) is 0 Å². The molecule has 2 N–H and O–H groups in total. The summed E-state index contributed by atoms with van der Waals surface area (Å²) in [6.45, 7) is 8.15. The molecule has 2 heteroatoms. The van der Waals surface area contributed by atoms with Gasteiger partial charge in [0.05, 0.1) is 0 Å². The first-order valence-corrected chi connectivity index (χ1v) is 6.47. The molecule has 0 aliphatic heterocycles. The van der Waals surface area contributed by atoms with E-state index in [0.29, 0.717) is 0 Å². The molecule has 1 aromatic carbocycles. The number of halogens is 1. The second-order valence-corrected chi connectivity index (χ2v) is 5.87. The molecule has 0 heterocycles. The van der Waals surface area contributed by atoms with Gasteiger partial charge in [-0.3, -0.25) is 0 Å². The van der Waals surface area contributed by atoms with Crippen molar-refractivity contribution in [3.63, 3.8) is 0 Å². The van der Waals surface area contributed by atoms with Gasteiger partial charge in [0.15, 0.2) is 0 Å². The van der Waals surface area contributed by atoms with Gasteiger partial charge >= 0.3 is 0 Å². The second kappa shape index (κ2) is 4.01. The molecule has 0 aromatic heterocycles. The van der Waals surface area contributed by atoms with E-state index in [2.05, 4.69) is 47.6 Å². The molecule has 0 spiro atoms. The summed E-state index contributed by atoms with van der Waals surface area (Å²) in [5.41, 5.74) is 9.98. The van der Waals surface area contributed by atoms with Crippen molar-refractivity contribution in [1.82, 2.24) is 0 Å². The molecule has 0 amide bonds. The molecule has 1 atom stereocenters. The lowest BCUT2D eigenvalue weighted by Gasteiger charge is -2.21. The van der Waals surface area contributed by atoms with Gasteiger partial charge in [0.1, 0.15) is 0 Å². The molecule has 0 bridgehead atoms. The fourth-order valence-electron chi connectivity index (χ4n) is 2.27. The fraction of sp³-hybridized carbons (Fsp3) is 0.429. The molecular weight excluding hydrogens is 262 g/mol. The van der Waals surface area contributed by atoms with Crippen LogP contribution in [0.4, 0.5) is 0 Å². The molecule has 16 heavy (non-hydrogen) atoms. The van der Waals surface area contributed by atoms with Gasteiger partial charge in [0.2, 0.25) is 0 Å². The van der Waals surface area contributed by atoms with Crippen LogP contribution in [0.5, 0.6) is 0 Å². The average molecular weight is 280 g/mol. The number of benzene rings is 1. The first kappa shape index (κ1) is 11.9. The van der Waals surface area contributed by atoms with E-state index >= 15 is 0 Å². The van der Waals surface area contributed by atoms with Crippen LogP contribution >= 0.6 is 15.9 Å². The van der Waals surface area contributed by atoms with Crippen molar-refractivity contribution >= 4 is 21.5 Å². The third-order valence-electron chi connectivity index (χ3n) is 3.63. The average Bonchev–Trinajstić information content (AvgIpc) is 2.97. The molecule has 1 aliphatic carbocycles. The Morgan fingerprint density at radius 2 is 2.06 bits per heavy atom. The minimum absolute atomic E-state index is 0.216. The van der Waals surface area contributed by atoms with E-state index in [9.17, 15) is 0 Å². The Morgan fingerprint density at radius 1 is 1.44 bits per heavy atom. The fourth-order valence-corrected chi connectivity index (χ4v) is 2.76. The Kier molecular flexibility index (Phi) is 2.97. The van der Waals surface area contributed by atoms with Crippen LogP contribution in [0.1, 0.15) is 37.8 Å². The number of hydrogen-bond acceptors (Lipinski definition) is 1. The molecule has 0 radical (unpaired) electrons. The Balaban J connectivity index is 2.46. The van der Waals surface area contributed by atoms with Crippen LogP contribution in [0.2, 0.25) is 0 Å². The Morgan fingerprint density at radius 3 is 2.50 bits per heavy atom. The molecular formula is C14H18BrN. The van der Waals surface area contributed by atoms with Crippen LogP contribution in [0.25, 0.3) is 5.57 Å². The van der Waals surface area contributed by atoms with E-state index in [0.717, 1.165) is 10.0 Å². The SMILES string of the molecule is C=C(C)c1cc(Br)cc(C2(C(C)N)CC2)c1.